The lowest BCUT2D eigenvalue weighted by atomic mass is 10.0. The Kier molecular flexibility index (Phi) is 4.37. The molecule has 0 saturated carbocycles. The molecule has 0 radical (unpaired) electrons. The maximum atomic E-state index is 13.6. The van der Waals surface area contributed by atoms with Crippen LogP contribution in [0.15, 0.2) is 6.33 Å². The van der Waals surface area contributed by atoms with Gasteiger partial charge >= 0.3 is 5.97 Å². The third-order valence-corrected chi connectivity index (χ3v) is 2.28. The number of hydrogen-bond acceptors (Lipinski definition) is 4. The van der Waals surface area contributed by atoms with Gasteiger partial charge in [0.15, 0.2) is 11.6 Å². The van der Waals surface area contributed by atoms with Gasteiger partial charge in [-0.3, -0.25) is 0 Å². The van der Waals surface area contributed by atoms with E-state index in [1.54, 1.807) is 0 Å². The van der Waals surface area contributed by atoms with Gasteiger partial charge in [0.05, 0.1) is 5.69 Å². The van der Waals surface area contributed by atoms with Gasteiger partial charge in [-0.05, 0) is 19.3 Å². The summed E-state index contributed by atoms with van der Waals surface area (Å²) >= 11 is 0. The van der Waals surface area contributed by atoms with Gasteiger partial charge in [0, 0.05) is 0 Å². The highest BCUT2D eigenvalue weighted by Gasteiger charge is 2.21. The molecule has 1 unspecified atom stereocenters. The number of aryl methyl sites for hydroxylation is 1. The highest BCUT2D eigenvalue weighted by atomic mass is 19.1. The van der Waals surface area contributed by atoms with E-state index >= 15 is 0 Å². The van der Waals surface area contributed by atoms with Gasteiger partial charge in [-0.25, -0.2) is 19.2 Å². The summed E-state index contributed by atoms with van der Waals surface area (Å²) in [6.07, 6.45) is 1.60. The van der Waals surface area contributed by atoms with Crippen molar-refractivity contribution < 1.29 is 14.3 Å². The lowest BCUT2D eigenvalue weighted by Gasteiger charge is -2.17. The predicted octanol–water partition coefficient (Wildman–Crippen LogP) is 1.84. The molecule has 6 heteroatoms. The highest BCUT2D eigenvalue weighted by molar-refractivity contribution is 5.76. The molecule has 0 bridgehead atoms. The van der Waals surface area contributed by atoms with E-state index in [1.807, 2.05) is 13.8 Å². The van der Waals surface area contributed by atoms with E-state index in [1.165, 1.54) is 13.3 Å². The number of nitrogens with zero attached hydrogens (tertiary/aromatic N) is 2. The fourth-order valence-electron chi connectivity index (χ4n) is 1.42. The largest absolute Gasteiger partial charge is 0.480 e. The zero-order chi connectivity index (χ0) is 13.0. The van der Waals surface area contributed by atoms with Crippen LogP contribution in [0.2, 0.25) is 0 Å². The third kappa shape index (κ3) is 3.65. The lowest BCUT2D eigenvalue weighted by molar-refractivity contribution is -0.138. The summed E-state index contributed by atoms with van der Waals surface area (Å²) in [5, 5.41) is 11.6. The third-order valence-electron chi connectivity index (χ3n) is 2.28. The SMILES string of the molecule is Cc1ncnc(NC(CC(C)C)C(=O)O)c1F. The van der Waals surface area contributed by atoms with Crippen LogP contribution < -0.4 is 5.32 Å². The fourth-order valence-corrected chi connectivity index (χ4v) is 1.42. The Balaban J connectivity index is 2.86. The first kappa shape index (κ1) is 13.3. The van der Waals surface area contributed by atoms with E-state index in [2.05, 4.69) is 15.3 Å². The zero-order valence-corrected chi connectivity index (χ0v) is 10.1. The maximum Gasteiger partial charge on any atom is 0.326 e. The van der Waals surface area contributed by atoms with E-state index < -0.39 is 17.8 Å². The molecular formula is C11H16FN3O2. The molecule has 1 atom stereocenters. The average Bonchev–Trinajstić information content (AvgIpc) is 2.22. The molecule has 17 heavy (non-hydrogen) atoms. The Morgan fingerprint density at radius 3 is 2.71 bits per heavy atom. The van der Waals surface area contributed by atoms with Crippen molar-refractivity contribution in [2.24, 2.45) is 5.92 Å². The van der Waals surface area contributed by atoms with Crippen molar-refractivity contribution in [3.05, 3.63) is 17.8 Å². The van der Waals surface area contributed by atoms with Crippen LogP contribution in [0.5, 0.6) is 0 Å². The Morgan fingerprint density at radius 2 is 2.18 bits per heavy atom. The van der Waals surface area contributed by atoms with Crippen LogP contribution >= 0.6 is 0 Å². The van der Waals surface area contributed by atoms with Gasteiger partial charge in [-0.1, -0.05) is 13.8 Å². The smallest absolute Gasteiger partial charge is 0.326 e. The summed E-state index contributed by atoms with van der Waals surface area (Å²) < 4.78 is 13.6. The van der Waals surface area contributed by atoms with Gasteiger partial charge < -0.3 is 10.4 Å². The molecule has 1 aromatic rings. The molecule has 0 saturated heterocycles. The van der Waals surface area contributed by atoms with Gasteiger partial charge in [0.2, 0.25) is 0 Å². The molecule has 2 N–H and O–H groups in total. The zero-order valence-electron chi connectivity index (χ0n) is 10.1. The first-order valence-electron chi connectivity index (χ1n) is 5.38. The minimum Gasteiger partial charge on any atom is -0.480 e. The first-order valence-corrected chi connectivity index (χ1v) is 5.38. The van der Waals surface area contributed by atoms with Crippen molar-refractivity contribution in [2.45, 2.75) is 33.2 Å². The Bertz CT molecular complexity index is 410. The lowest BCUT2D eigenvalue weighted by Crippen LogP contribution is -2.31. The number of hydrogen-bond donors (Lipinski definition) is 2. The van der Waals surface area contributed by atoms with Crippen molar-refractivity contribution in [3.8, 4) is 0 Å². The van der Waals surface area contributed by atoms with Crippen molar-refractivity contribution >= 4 is 11.8 Å². The highest BCUT2D eigenvalue weighted by Crippen LogP contribution is 2.15. The minimum absolute atomic E-state index is 0.0643. The summed E-state index contributed by atoms with van der Waals surface area (Å²) in [5.74, 6) is -1.50. The number of anilines is 1. The number of rotatable bonds is 5. The van der Waals surface area contributed by atoms with Gasteiger partial charge in [-0.2, -0.15) is 0 Å². The van der Waals surface area contributed by atoms with E-state index in [0.717, 1.165) is 0 Å². The number of halogens is 1. The Hall–Kier alpha value is -1.72. The molecule has 0 aliphatic rings. The van der Waals surface area contributed by atoms with Crippen LogP contribution in [0.4, 0.5) is 10.2 Å². The van der Waals surface area contributed by atoms with E-state index in [0.29, 0.717) is 6.42 Å². The molecule has 1 aromatic heterocycles. The van der Waals surface area contributed by atoms with E-state index in [-0.39, 0.29) is 17.4 Å². The summed E-state index contributed by atoms with van der Waals surface area (Å²) in [6.45, 7) is 5.30. The number of aliphatic carboxylic acids is 1. The fraction of sp³-hybridized carbons (Fsp3) is 0.545. The number of carbonyl (C=O) groups is 1. The van der Waals surface area contributed by atoms with Gasteiger partial charge in [0.25, 0.3) is 0 Å². The van der Waals surface area contributed by atoms with Crippen LogP contribution in [-0.2, 0) is 4.79 Å². The van der Waals surface area contributed by atoms with Crippen molar-refractivity contribution in [1.29, 1.82) is 0 Å². The minimum atomic E-state index is -1.02. The molecule has 94 valence electrons. The number of carboxylic acid groups (broad SMARTS) is 1. The van der Waals surface area contributed by atoms with Crippen molar-refractivity contribution in [1.82, 2.24) is 9.97 Å². The monoisotopic (exact) mass is 241 g/mol. The quantitative estimate of drug-likeness (QED) is 0.822. The summed E-state index contributed by atoms with van der Waals surface area (Å²) in [4.78, 5) is 18.4. The molecule has 0 aliphatic heterocycles. The number of nitrogens with one attached hydrogen (secondary N) is 1. The van der Waals surface area contributed by atoms with Gasteiger partial charge in [0.1, 0.15) is 12.4 Å². The number of aromatic nitrogens is 2. The molecule has 0 aromatic carbocycles. The second-order valence-corrected chi connectivity index (χ2v) is 4.29. The summed E-state index contributed by atoms with van der Waals surface area (Å²) in [7, 11) is 0. The average molecular weight is 241 g/mol. The van der Waals surface area contributed by atoms with Crippen molar-refractivity contribution in [3.63, 3.8) is 0 Å². The molecule has 0 aliphatic carbocycles. The standard InChI is InChI=1S/C11H16FN3O2/c1-6(2)4-8(11(16)17)15-10-9(12)7(3)13-5-14-10/h5-6,8H,4H2,1-3H3,(H,16,17)(H,13,14,15). The van der Waals surface area contributed by atoms with Crippen LogP contribution in [0.1, 0.15) is 26.0 Å². The molecule has 1 heterocycles. The molecule has 0 fully saturated rings. The summed E-state index contributed by atoms with van der Waals surface area (Å²) in [5.41, 5.74) is 0.191. The normalized spacial score (nSPS) is 12.5. The van der Waals surface area contributed by atoms with Gasteiger partial charge in [-0.15, -0.1) is 0 Å². The van der Waals surface area contributed by atoms with E-state index in [9.17, 15) is 9.18 Å². The molecular weight excluding hydrogens is 225 g/mol. The second-order valence-electron chi connectivity index (χ2n) is 4.29. The van der Waals surface area contributed by atoms with Crippen molar-refractivity contribution in [2.75, 3.05) is 5.32 Å². The molecule has 0 amide bonds. The molecule has 1 rings (SSSR count). The molecule has 5 nitrogen and oxygen atoms in total. The summed E-state index contributed by atoms with van der Waals surface area (Å²) in [6, 6.07) is -0.848. The molecule has 0 spiro atoms. The first-order chi connectivity index (χ1) is 7.91. The Morgan fingerprint density at radius 1 is 1.53 bits per heavy atom. The second kappa shape index (κ2) is 5.56. The Labute approximate surface area is 99.1 Å². The van der Waals surface area contributed by atoms with Crippen LogP contribution in [0, 0.1) is 18.7 Å². The van der Waals surface area contributed by atoms with Crippen LogP contribution in [0.3, 0.4) is 0 Å². The number of carboxylic acids is 1. The van der Waals surface area contributed by atoms with Crippen LogP contribution in [-0.4, -0.2) is 27.1 Å². The maximum absolute atomic E-state index is 13.6. The predicted molar refractivity (Wildman–Crippen MR) is 61.2 cm³/mol. The topological polar surface area (TPSA) is 75.1 Å². The van der Waals surface area contributed by atoms with E-state index in [4.69, 9.17) is 5.11 Å². The van der Waals surface area contributed by atoms with Crippen LogP contribution in [0.25, 0.3) is 0 Å².